The van der Waals surface area contributed by atoms with E-state index in [-0.39, 0.29) is 11.8 Å². The number of nitrogens with one attached hydrogen (secondary N) is 1. The summed E-state index contributed by atoms with van der Waals surface area (Å²) in [7, 11) is 1.35. The lowest BCUT2D eigenvalue weighted by Gasteiger charge is -2.00. The van der Waals surface area contributed by atoms with E-state index in [0.717, 1.165) is 29.4 Å². The number of aryl methyl sites for hydroxylation is 1. The Morgan fingerprint density at radius 2 is 2.10 bits per heavy atom. The molecule has 110 valence electrons. The van der Waals surface area contributed by atoms with Crippen LogP contribution in [0.25, 0.3) is 10.9 Å². The molecule has 0 unspecified atom stereocenters. The molecule has 0 fully saturated rings. The number of hydrogen-bond donors (Lipinski definition) is 1. The van der Waals surface area contributed by atoms with E-state index in [4.69, 9.17) is 4.74 Å². The van der Waals surface area contributed by atoms with Crippen molar-refractivity contribution < 1.29 is 14.3 Å². The number of hydrogen-bond acceptors (Lipinski definition) is 3. The molecule has 0 saturated heterocycles. The monoisotopic (exact) mass is 285 g/mol. The molecule has 2 aromatic rings. The Hall–Kier alpha value is -2.36. The summed E-state index contributed by atoms with van der Waals surface area (Å²) in [5.41, 5.74) is 2.87. The SMILES string of the molecule is C/C=C/C(=O)c1c(CCC)[nH]c2cc(C(=O)OC)ccc12. The topological polar surface area (TPSA) is 59.2 Å². The Kier molecular flexibility index (Phi) is 4.58. The summed E-state index contributed by atoms with van der Waals surface area (Å²) in [5.74, 6) is -0.400. The van der Waals surface area contributed by atoms with Crippen molar-refractivity contribution in [3.05, 3.63) is 47.2 Å². The smallest absolute Gasteiger partial charge is 0.337 e. The highest BCUT2D eigenvalue weighted by molar-refractivity contribution is 6.15. The summed E-state index contributed by atoms with van der Waals surface area (Å²) in [4.78, 5) is 27.1. The molecule has 0 aliphatic rings. The summed E-state index contributed by atoms with van der Waals surface area (Å²) in [5, 5.41) is 0.842. The average molecular weight is 285 g/mol. The molecule has 1 aromatic heterocycles. The Morgan fingerprint density at radius 3 is 2.71 bits per heavy atom. The minimum Gasteiger partial charge on any atom is -0.465 e. The zero-order chi connectivity index (χ0) is 15.4. The van der Waals surface area contributed by atoms with Crippen LogP contribution in [0.1, 0.15) is 46.7 Å². The van der Waals surface area contributed by atoms with Crippen LogP contribution in [0.2, 0.25) is 0 Å². The molecule has 0 aliphatic carbocycles. The van der Waals surface area contributed by atoms with Crippen LogP contribution in [0.4, 0.5) is 0 Å². The number of rotatable bonds is 5. The third-order valence-corrected chi connectivity index (χ3v) is 3.36. The maximum absolute atomic E-state index is 12.3. The summed E-state index contributed by atoms with van der Waals surface area (Å²) in [6.45, 7) is 3.89. The largest absolute Gasteiger partial charge is 0.465 e. The molecule has 0 aliphatic heterocycles. The van der Waals surface area contributed by atoms with Crippen LogP contribution >= 0.6 is 0 Å². The quantitative estimate of drug-likeness (QED) is 0.518. The number of H-pyrrole nitrogens is 1. The van der Waals surface area contributed by atoms with Gasteiger partial charge in [0.25, 0.3) is 0 Å². The summed E-state index contributed by atoms with van der Waals surface area (Å²) < 4.78 is 4.72. The first kappa shape index (κ1) is 15.0. The fourth-order valence-electron chi connectivity index (χ4n) is 2.45. The van der Waals surface area contributed by atoms with Crippen molar-refractivity contribution in [2.24, 2.45) is 0 Å². The third-order valence-electron chi connectivity index (χ3n) is 3.36. The summed E-state index contributed by atoms with van der Waals surface area (Å²) >= 11 is 0. The number of aromatic amines is 1. The van der Waals surface area contributed by atoms with E-state index >= 15 is 0 Å². The van der Waals surface area contributed by atoms with Crippen molar-refractivity contribution in [2.75, 3.05) is 7.11 Å². The van der Waals surface area contributed by atoms with Gasteiger partial charge in [-0.1, -0.05) is 25.5 Å². The van der Waals surface area contributed by atoms with Gasteiger partial charge in [-0.3, -0.25) is 4.79 Å². The lowest BCUT2D eigenvalue weighted by molar-refractivity contribution is 0.0601. The van der Waals surface area contributed by atoms with Crippen LogP contribution in [0, 0.1) is 0 Å². The van der Waals surface area contributed by atoms with Crippen LogP contribution in [0.15, 0.2) is 30.4 Å². The highest BCUT2D eigenvalue weighted by Crippen LogP contribution is 2.26. The number of carbonyl (C=O) groups is 2. The van der Waals surface area contributed by atoms with Crippen LogP contribution in [-0.2, 0) is 11.2 Å². The Balaban J connectivity index is 2.62. The van der Waals surface area contributed by atoms with Gasteiger partial charge in [0.05, 0.1) is 18.2 Å². The normalized spacial score (nSPS) is 11.2. The standard InChI is InChI=1S/C17H19NO3/c1-4-6-13-16(15(19)7-5-2)12-9-8-11(17(20)21-3)10-14(12)18-13/h5,7-10,18H,4,6H2,1-3H3/b7-5+. The first-order valence-electron chi connectivity index (χ1n) is 7.02. The predicted octanol–water partition coefficient (Wildman–Crippen LogP) is 3.67. The summed E-state index contributed by atoms with van der Waals surface area (Å²) in [6.07, 6.45) is 5.03. The molecule has 0 atom stereocenters. The van der Waals surface area contributed by atoms with E-state index in [2.05, 4.69) is 11.9 Å². The van der Waals surface area contributed by atoms with Crippen molar-refractivity contribution >= 4 is 22.7 Å². The van der Waals surface area contributed by atoms with Gasteiger partial charge in [-0.25, -0.2) is 4.79 Å². The van der Waals surface area contributed by atoms with E-state index in [0.29, 0.717) is 11.1 Å². The average Bonchev–Trinajstić information content (AvgIpc) is 2.84. The lowest BCUT2D eigenvalue weighted by atomic mass is 10.0. The molecule has 0 bridgehead atoms. The second-order valence-electron chi connectivity index (χ2n) is 4.84. The molecule has 2 rings (SSSR count). The van der Waals surface area contributed by atoms with Crippen molar-refractivity contribution in [1.29, 1.82) is 0 Å². The van der Waals surface area contributed by atoms with Gasteiger partial charge in [-0.05, 0) is 31.6 Å². The molecule has 0 amide bonds. The molecule has 4 nitrogen and oxygen atoms in total. The van der Waals surface area contributed by atoms with Crippen molar-refractivity contribution in [2.45, 2.75) is 26.7 Å². The van der Waals surface area contributed by atoms with Crippen LogP contribution in [-0.4, -0.2) is 23.8 Å². The van der Waals surface area contributed by atoms with E-state index < -0.39 is 0 Å². The van der Waals surface area contributed by atoms with Gasteiger partial charge >= 0.3 is 5.97 Å². The van der Waals surface area contributed by atoms with Gasteiger partial charge in [0.1, 0.15) is 0 Å². The van der Waals surface area contributed by atoms with E-state index in [9.17, 15) is 9.59 Å². The second-order valence-corrected chi connectivity index (χ2v) is 4.84. The Bertz CT molecular complexity index is 710. The number of allylic oxidation sites excluding steroid dienone is 2. The number of methoxy groups -OCH3 is 1. The highest BCUT2D eigenvalue weighted by atomic mass is 16.5. The molecule has 0 spiro atoms. The molecular formula is C17H19NO3. The maximum Gasteiger partial charge on any atom is 0.337 e. The number of ketones is 1. The Labute approximate surface area is 123 Å². The van der Waals surface area contributed by atoms with Gasteiger partial charge in [-0.15, -0.1) is 0 Å². The van der Waals surface area contributed by atoms with E-state index in [1.54, 1.807) is 30.4 Å². The van der Waals surface area contributed by atoms with Crippen LogP contribution in [0.5, 0.6) is 0 Å². The zero-order valence-corrected chi connectivity index (χ0v) is 12.5. The molecular weight excluding hydrogens is 266 g/mol. The predicted molar refractivity (Wildman–Crippen MR) is 82.8 cm³/mol. The zero-order valence-electron chi connectivity index (χ0n) is 12.5. The maximum atomic E-state index is 12.3. The Morgan fingerprint density at radius 1 is 1.33 bits per heavy atom. The van der Waals surface area contributed by atoms with Crippen molar-refractivity contribution in [3.8, 4) is 0 Å². The third kappa shape index (κ3) is 2.89. The van der Waals surface area contributed by atoms with Gasteiger partial charge in [0.2, 0.25) is 0 Å². The minimum absolute atomic E-state index is 0.0157. The molecule has 0 radical (unpaired) electrons. The lowest BCUT2D eigenvalue weighted by Crippen LogP contribution is -2.01. The van der Waals surface area contributed by atoms with Crippen molar-refractivity contribution in [1.82, 2.24) is 4.98 Å². The second kappa shape index (κ2) is 6.39. The van der Waals surface area contributed by atoms with Crippen LogP contribution < -0.4 is 0 Å². The number of fused-ring (bicyclic) bond motifs is 1. The number of ether oxygens (including phenoxy) is 1. The molecule has 1 aromatic carbocycles. The number of aromatic nitrogens is 1. The van der Waals surface area contributed by atoms with Gasteiger partial charge in [-0.2, -0.15) is 0 Å². The van der Waals surface area contributed by atoms with Gasteiger partial charge in [0.15, 0.2) is 5.78 Å². The van der Waals surface area contributed by atoms with Gasteiger partial charge in [0, 0.05) is 16.6 Å². The molecule has 0 saturated carbocycles. The van der Waals surface area contributed by atoms with Crippen molar-refractivity contribution in [3.63, 3.8) is 0 Å². The molecule has 1 heterocycles. The molecule has 21 heavy (non-hydrogen) atoms. The fraction of sp³-hybridized carbons (Fsp3) is 0.294. The molecule has 1 N–H and O–H groups in total. The number of esters is 1. The van der Waals surface area contributed by atoms with Crippen LogP contribution in [0.3, 0.4) is 0 Å². The van der Waals surface area contributed by atoms with E-state index in [1.807, 2.05) is 6.92 Å². The first-order chi connectivity index (χ1) is 10.1. The van der Waals surface area contributed by atoms with E-state index in [1.165, 1.54) is 7.11 Å². The number of benzene rings is 1. The van der Waals surface area contributed by atoms with Gasteiger partial charge < -0.3 is 9.72 Å². The fourth-order valence-corrected chi connectivity index (χ4v) is 2.45. The minimum atomic E-state index is -0.384. The molecule has 4 heteroatoms. The first-order valence-corrected chi connectivity index (χ1v) is 7.02. The number of carbonyl (C=O) groups excluding carboxylic acids is 2. The highest BCUT2D eigenvalue weighted by Gasteiger charge is 2.17. The summed E-state index contributed by atoms with van der Waals surface area (Å²) in [6, 6.07) is 5.21.